The van der Waals surface area contributed by atoms with E-state index < -0.39 is 40.2 Å². The van der Waals surface area contributed by atoms with E-state index in [1.165, 1.54) is 35.2 Å². The molecule has 0 saturated carbocycles. The first kappa shape index (κ1) is 29.9. The van der Waals surface area contributed by atoms with E-state index in [2.05, 4.69) is 5.32 Å². The minimum Gasteiger partial charge on any atom is -0.454 e. The molecule has 11 heteroatoms. The van der Waals surface area contributed by atoms with Gasteiger partial charge in [0.25, 0.3) is 0 Å². The molecule has 0 aromatic heterocycles. The zero-order valence-electron chi connectivity index (χ0n) is 23.2. The maximum absolute atomic E-state index is 14.8. The number of fused-ring (bicyclic) bond motifs is 1. The van der Waals surface area contributed by atoms with E-state index in [9.17, 15) is 22.4 Å². The fourth-order valence-electron chi connectivity index (χ4n) is 4.44. The molecule has 0 spiro atoms. The predicted octanol–water partition coefficient (Wildman–Crippen LogP) is 3.73. The molecule has 1 aliphatic heterocycles. The summed E-state index contributed by atoms with van der Waals surface area (Å²) < 4.78 is 52.3. The van der Waals surface area contributed by atoms with E-state index in [-0.39, 0.29) is 36.9 Å². The summed E-state index contributed by atoms with van der Waals surface area (Å²) in [4.78, 5) is 28.9. The lowest BCUT2D eigenvalue weighted by molar-refractivity contribution is -0.140. The molecule has 0 saturated heterocycles. The van der Waals surface area contributed by atoms with Crippen LogP contribution in [0.25, 0.3) is 0 Å². The van der Waals surface area contributed by atoms with Crippen LogP contribution in [0.1, 0.15) is 25.0 Å². The summed E-state index contributed by atoms with van der Waals surface area (Å²) in [6.07, 6.45) is 1.14. The number of sulfonamides is 1. The lowest BCUT2D eigenvalue weighted by atomic mass is 10.0. The van der Waals surface area contributed by atoms with E-state index >= 15 is 0 Å². The SMILES string of the molecule is CC(C)CNC(=O)C(Cc1ccccc1)N(Cc1ccccc1F)C(=O)CN(c1ccc2c(c1)OCO2)S(C)(=O)=O. The minimum absolute atomic E-state index is 0.000333. The summed E-state index contributed by atoms with van der Waals surface area (Å²) in [5, 5.41) is 2.89. The summed E-state index contributed by atoms with van der Waals surface area (Å²) >= 11 is 0. The number of nitrogens with one attached hydrogen (secondary N) is 1. The van der Waals surface area contributed by atoms with Gasteiger partial charge in [-0.3, -0.25) is 13.9 Å². The number of ether oxygens (including phenoxy) is 2. The quantitative estimate of drug-likeness (QED) is 0.349. The normalized spacial score (nSPS) is 13.1. The predicted molar refractivity (Wildman–Crippen MR) is 153 cm³/mol. The van der Waals surface area contributed by atoms with E-state index in [1.807, 2.05) is 44.2 Å². The van der Waals surface area contributed by atoms with Gasteiger partial charge in [-0.25, -0.2) is 12.8 Å². The zero-order chi connectivity index (χ0) is 29.6. The van der Waals surface area contributed by atoms with Crippen LogP contribution >= 0.6 is 0 Å². The van der Waals surface area contributed by atoms with Crippen molar-refractivity contribution in [3.63, 3.8) is 0 Å². The van der Waals surface area contributed by atoms with Crippen LogP contribution in [0.5, 0.6) is 11.5 Å². The third-order valence-electron chi connectivity index (χ3n) is 6.58. The second-order valence-electron chi connectivity index (χ2n) is 10.3. The molecule has 0 aliphatic carbocycles. The van der Waals surface area contributed by atoms with Crippen LogP contribution in [0.4, 0.5) is 10.1 Å². The van der Waals surface area contributed by atoms with Gasteiger partial charge in [0.2, 0.25) is 28.6 Å². The molecule has 41 heavy (non-hydrogen) atoms. The monoisotopic (exact) mass is 583 g/mol. The van der Waals surface area contributed by atoms with Crippen molar-refractivity contribution in [2.24, 2.45) is 5.92 Å². The van der Waals surface area contributed by atoms with E-state index in [4.69, 9.17) is 9.47 Å². The Kier molecular flexibility index (Phi) is 9.49. The minimum atomic E-state index is -3.96. The highest BCUT2D eigenvalue weighted by Gasteiger charge is 2.34. The van der Waals surface area contributed by atoms with Gasteiger partial charge in [-0.15, -0.1) is 0 Å². The lowest BCUT2D eigenvalue weighted by Gasteiger charge is -2.33. The van der Waals surface area contributed by atoms with Gasteiger partial charge >= 0.3 is 0 Å². The Balaban J connectivity index is 1.73. The number of anilines is 1. The number of hydrogen-bond donors (Lipinski definition) is 1. The number of benzene rings is 3. The molecule has 1 aliphatic rings. The third-order valence-corrected chi connectivity index (χ3v) is 7.72. The van der Waals surface area contributed by atoms with Crippen LogP contribution in [0.15, 0.2) is 72.8 Å². The molecule has 9 nitrogen and oxygen atoms in total. The molecule has 3 aromatic carbocycles. The Morgan fingerprint density at radius 3 is 2.34 bits per heavy atom. The van der Waals surface area contributed by atoms with Gasteiger partial charge in [-0.2, -0.15) is 0 Å². The number of halogens is 1. The molecule has 0 fully saturated rings. The van der Waals surface area contributed by atoms with Crippen LogP contribution in [0.3, 0.4) is 0 Å². The van der Waals surface area contributed by atoms with Gasteiger partial charge in [0.15, 0.2) is 11.5 Å². The van der Waals surface area contributed by atoms with Gasteiger partial charge < -0.3 is 19.7 Å². The molecule has 1 atom stereocenters. The maximum Gasteiger partial charge on any atom is 0.244 e. The van der Waals surface area contributed by atoms with Crippen molar-refractivity contribution in [1.29, 1.82) is 0 Å². The lowest BCUT2D eigenvalue weighted by Crippen LogP contribution is -2.53. The highest BCUT2D eigenvalue weighted by atomic mass is 32.2. The second kappa shape index (κ2) is 13.0. The first-order valence-electron chi connectivity index (χ1n) is 13.2. The molecule has 218 valence electrons. The Bertz CT molecular complexity index is 1480. The van der Waals surface area contributed by atoms with Crippen LogP contribution < -0.4 is 19.1 Å². The number of hydrogen-bond acceptors (Lipinski definition) is 6. The van der Waals surface area contributed by atoms with E-state index in [1.54, 1.807) is 12.1 Å². The number of carbonyl (C=O) groups excluding carboxylic acids is 2. The topological polar surface area (TPSA) is 105 Å². The Morgan fingerprint density at radius 1 is 0.976 bits per heavy atom. The molecular weight excluding hydrogens is 549 g/mol. The summed E-state index contributed by atoms with van der Waals surface area (Å²) in [7, 11) is -3.96. The molecule has 0 bridgehead atoms. The summed E-state index contributed by atoms with van der Waals surface area (Å²) in [6.45, 7) is 3.42. The molecular formula is C30H34FN3O6S. The largest absolute Gasteiger partial charge is 0.454 e. The average Bonchev–Trinajstić information content (AvgIpc) is 3.41. The summed E-state index contributed by atoms with van der Waals surface area (Å²) in [5.41, 5.74) is 1.18. The van der Waals surface area contributed by atoms with Crippen molar-refractivity contribution in [3.8, 4) is 11.5 Å². The smallest absolute Gasteiger partial charge is 0.244 e. The van der Waals surface area contributed by atoms with E-state index in [0.717, 1.165) is 16.1 Å². The van der Waals surface area contributed by atoms with Crippen molar-refractivity contribution in [1.82, 2.24) is 10.2 Å². The highest BCUT2D eigenvalue weighted by molar-refractivity contribution is 7.92. The fourth-order valence-corrected chi connectivity index (χ4v) is 5.28. The Hall–Kier alpha value is -4.12. The molecule has 2 amide bonds. The number of amides is 2. The van der Waals surface area contributed by atoms with Gasteiger partial charge in [0.05, 0.1) is 11.9 Å². The van der Waals surface area contributed by atoms with E-state index in [0.29, 0.717) is 18.0 Å². The number of rotatable bonds is 12. The molecule has 4 rings (SSSR count). The van der Waals surface area contributed by atoms with Gasteiger partial charge in [0, 0.05) is 31.1 Å². The standard InChI is InChI=1S/C30H34FN3O6S/c1-21(2)17-32-30(36)26(15-22-9-5-4-6-10-22)33(18-23-11-7-8-12-25(23)31)29(35)19-34(41(3,37)38)24-13-14-27-28(16-24)40-20-39-27/h4-14,16,21,26H,15,17-20H2,1-3H3,(H,32,36). The van der Waals surface area contributed by atoms with Crippen molar-refractivity contribution in [3.05, 3.63) is 89.7 Å². The molecule has 3 aromatic rings. The van der Waals surface area contributed by atoms with Gasteiger partial charge in [-0.1, -0.05) is 62.4 Å². The van der Waals surface area contributed by atoms with Crippen molar-refractivity contribution < 1.29 is 31.9 Å². The fraction of sp³-hybridized carbons (Fsp3) is 0.333. The third kappa shape index (κ3) is 7.75. The number of carbonyl (C=O) groups is 2. The maximum atomic E-state index is 14.8. The first-order chi connectivity index (χ1) is 19.5. The van der Waals surface area contributed by atoms with Crippen LogP contribution in [-0.2, 0) is 32.6 Å². The zero-order valence-corrected chi connectivity index (χ0v) is 24.1. The van der Waals surface area contributed by atoms with Crippen LogP contribution in [0.2, 0.25) is 0 Å². The highest BCUT2D eigenvalue weighted by Crippen LogP contribution is 2.36. The first-order valence-corrected chi connectivity index (χ1v) is 15.1. The summed E-state index contributed by atoms with van der Waals surface area (Å²) in [5.74, 6) is -0.666. The van der Waals surface area contributed by atoms with Crippen molar-refractivity contribution >= 4 is 27.5 Å². The average molecular weight is 584 g/mol. The molecule has 1 unspecified atom stereocenters. The van der Waals surface area contributed by atoms with Crippen LogP contribution in [-0.4, -0.2) is 57.3 Å². The Labute approximate surface area is 239 Å². The van der Waals surface area contributed by atoms with Crippen molar-refractivity contribution in [2.45, 2.75) is 32.9 Å². The van der Waals surface area contributed by atoms with Crippen molar-refractivity contribution in [2.75, 3.05) is 30.4 Å². The number of nitrogens with zero attached hydrogens (tertiary/aromatic N) is 2. The second-order valence-corrected chi connectivity index (χ2v) is 12.2. The summed E-state index contributed by atoms with van der Waals surface area (Å²) in [6, 6.07) is 18.7. The molecule has 1 N–H and O–H groups in total. The van der Waals surface area contributed by atoms with Crippen LogP contribution in [0, 0.1) is 11.7 Å². The van der Waals surface area contributed by atoms with Gasteiger partial charge in [-0.05, 0) is 29.7 Å². The Morgan fingerprint density at radius 2 is 1.66 bits per heavy atom. The molecule has 1 heterocycles. The van der Waals surface area contributed by atoms with Gasteiger partial charge in [0.1, 0.15) is 18.4 Å². The molecule has 0 radical (unpaired) electrons.